The van der Waals surface area contributed by atoms with Gasteiger partial charge in [-0.15, -0.1) is 0 Å². The Morgan fingerprint density at radius 3 is 2.50 bits per heavy atom. The Kier molecular flexibility index (Phi) is 5.74. The average molecular weight is 168 g/mol. The van der Waals surface area contributed by atoms with E-state index in [-0.39, 0.29) is 5.41 Å². The first-order valence-corrected chi connectivity index (χ1v) is 4.75. The number of nitriles is 1. The van der Waals surface area contributed by atoms with Crippen molar-refractivity contribution < 1.29 is 0 Å². The second-order valence-corrected chi connectivity index (χ2v) is 3.74. The molecule has 0 radical (unpaired) electrons. The van der Waals surface area contributed by atoms with Crippen molar-refractivity contribution in [1.29, 1.82) is 5.26 Å². The highest BCUT2D eigenvalue weighted by molar-refractivity contribution is 4.84. The molecule has 70 valence electrons. The van der Waals surface area contributed by atoms with Crippen LogP contribution in [0.15, 0.2) is 0 Å². The highest BCUT2D eigenvalue weighted by Crippen LogP contribution is 2.31. The fourth-order valence-electron chi connectivity index (χ4n) is 1.28. The van der Waals surface area contributed by atoms with Crippen molar-refractivity contribution in [2.75, 3.05) is 6.54 Å². The predicted molar refractivity (Wildman–Crippen MR) is 51.5 cm³/mol. The third-order valence-corrected chi connectivity index (χ3v) is 2.59. The molecule has 0 amide bonds. The summed E-state index contributed by atoms with van der Waals surface area (Å²) in [6, 6.07) is 2.25. The Morgan fingerprint density at radius 2 is 2.08 bits per heavy atom. The summed E-state index contributed by atoms with van der Waals surface area (Å²) in [4.78, 5) is 0. The van der Waals surface area contributed by atoms with Crippen LogP contribution in [0.4, 0.5) is 0 Å². The first-order valence-electron chi connectivity index (χ1n) is 4.75. The van der Waals surface area contributed by atoms with Crippen LogP contribution in [-0.4, -0.2) is 6.54 Å². The molecule has 0 aromatic carbocycles. The molecule has 2 N–H and O–H groups in total. The summed E-state index contributed by atoms with van der Waals surface area (Å²) >= 11 is 0. The van der Waals surface area contributed by atoms with Crippen molar-refractivity contribution in [3.63, 3.8) is 0 Å². The zero-order valence-electron chi connectivity index (χ0n) is 8.27. The Morgan fingerprint density at radius 1 is 1.42 bits per heavy atom. The van der Waals surface area contributed by atoms with Gasteiger partial charge in [-0.2, -0.15) is 5.26 Å². The maximum Gasteiger partial charge on any atom is 0.0627 e. The van der Waals surface area contributed by atoms with E-state index >= 15 is 0 Å². The molecule has 1 atom stereocenters. The van der Waals surface area contributed by atoms with Gasteiger partial charge in [-0.05, 0) is 31.2 Å². The number of nitrogens with two attached hydrogens (primary N) is 1. The second-order valence-electron chi connectivity index (χ2n) is 3.74. The van der Waals surface area contributed by atoms with Gasteiger partial charge in [0.2, 0.25) is 0 Å². The Hall–Kier alpha value is -0.550. The molecule has 0 aromatic rings. The summed E-state index contributed by atoms with van der Waals surface area (Å²) in [5.74, 6) is 0. The van der Waals surface area contributed by atoms with Crippen molar-refractivity contribution in [3.05, 3.63) is 0 Å². The van der Waals surface area contributed by atoms with Crippen molar-refractivity contribution >= 4 is 0 Å². The standard InChI is InChI=1S/C10H20N2/c1-3-10(2,7-9-12)6-4-5-8-11/h3-8,11H2,1-2H3. The van der Waals surface area contributed by atoms with Gasteiger partial charge in [0.15, 0.2) is 0 Å². The normalized spacial score (nSPS) is 15.2. The predicted octanol–water partition coefficient (Wildman–Crippen LogP) is 2.45. The average Bonchev–Trinajstić information content (AvgIpc) is 2.06. The molecule has 0 aromatic heterocycles. The van der Waals surface area contributed by atoms with Gasteiger partial charge in [0.25, 0.3) is 0 Å². The van der Waals surface area contributed by atoms with E-state index in [0.717, 1.165) is 32.2 Å². The van der Waals surface area contributed by atoms with Crippen LogP contribution in [0.2, 0.25) is 0 Å². The number of hydrogen-bond acceptors (Lipinski definition) is 2. The molecular weight excluding hydrogens is 148 g/mol. The van der Waals surface area contributed by atoms with Crippen LogP contribution in [0.1, 0.15) is 46.0 Å². The summed E-state index contributed by atoms with van der Waals surface area (Å²) < 4.78 is 0. The lowest BCUT2D eigenvalue weighted by atomic mass is 9.80. The van der Waals surface area contributed by atoms with Gasteiger partial charge in [0.1, 0.15) is 0 Å². The lowest BCUT2D eigenvalue weighted by molar-refractivity contribution is 0.281. The van der Waals surface area contributed by atoms with Crippen molar-refractivity contribution in [3.8, 4) is 6.07 Å². The molecular formula is C10H20N2. The third-order valence-electron chi connectivity index (χ3n) is 2.59. The fourth-order valence-corrected chi connectivity index (χ4v) is 1.28. The Labute approximate surface area is 75.8 Å². The maximum absolute atomic E-state index is 8.61. The van der Waals surface area contributed by atoms with Crippen molar-refractivity contribution in [1.82, 2.24) is 0 Å². The van der Waals surface area contributed by atoms with E-state index in [1.165, 1.54) is 0 Å². The second kappa shape index (κ2) is 6.02. The largest absolute Gasteiger partial charge is 0.330 e. The monoisotopic (exact) mass is 168 g/mol. The van der Waals surface area contributed by atoms with Crippen LogP contribution in [0.5, 0.6) is 0 Å². The van der Waals surface area contributed by atoms with Gasteiger partial charge in [-0.3, -0.25) is 0 Å². The molecule has 12 heavy (non-hydrogen) atoms. The van der Waals surface area contributed by atoms with Crippen LogP contribution in [0.3, 0.4) is 0 Å². The summed E-state index contributed by atoms with van der Waals surface area (Å²) in [5.41, 5.74) is 5.63. The molecule has 1 unspecified atom stereocenters. The maximum atomic E-state index is 8.61. The van der Waals surface area contributed by atoms with Gasteiger partial charge in [0, 0.05) is 6.42 Å². The molecule has 0 rings (SSSR count). The lowest BCUT2D eigenvalue weighted by Crippen LogP contribution is -2.14. The van der Waals surface area contributed by atoms with Crippen LogP contribution >= 0.6 is 0 Å². The number of nitrogens with zero attached hydrogens (tertiary/aromatic N) is 1. The highest BCUT2D eigenvalue weighted by Gasteiger charge is 2.20. The zero-order valence-corrected chi connectivity index (χ0v) is 8.27. The van der Waals surface area contributed by atoms with Crippen LogP contribution in [0, 0.1) is 16.7 Å². The Balaban J connectivity index is 3.73. The third kappa shape index (κ3) is 4.35. The molecule has 0 saturated carbocycles. The van der Waals surface area contributed by atoms with E-state index < -0.39 is 0 Å². The smallest absolute Gasteiger partial charge is 0.0627 e. The Bertz CT molecular complexity index is 148. The van der Waals surface area contributed by atoms with E-state index in [4.69, 9.17) is 11.0 Å². The van der Waals surface area contributed by atoms with E-state index in [9.17, 15) is 0 Å². The zero-order chi connectivity index (χ0) is 9.45. The van der Waals surface area contributed by atoms with Gasteiger partial charge in [0.05, 0.1) is 6.07 Å². The van der Waals surface area contributed by atoms with Crippen molar-refractivity contribution in [2.45, 2.75) is 46.0 Å². The molecule has 0 heterocycles. The number of unbranched alkanes of at least 4 members (excludes halogenated alkanes) is 1. The minimum absolute atomic E-state index is 0.226. The van der Waals surface area contributed by atoms with Gasteiger partial charge < -0.3 is 5.73 Å². The van der Waals surface area contributed by atoms with Gasteiger partial charge in [-0.1, -0.05) is 20.3 Å². The van der Waals surface area contributed by atoms with Crippen LogP contribution in [-0.2, 0) is 0 Å². The van der Waals surface area contributed by atoms with Crippen molar-refractivity contribution in [2.24, 2.45) is 11.1 Å². The molecule has 0 aliphatic rings. The minimum atomic E-state index is 0.226. The van der Waals surface area contributed by atoms with Crippen LogP contribution in [0.25, 0.3) is 0 Å². The van der Waals surface area contributed by atoms with E-state index in [1.54, 1.807) is 0 Å². The molecule has 0 saturated heterocycles. The molecule has 2 heteroatoms. The minimum Gasteiger partial charge on any atom is -0.330 e. The molecule has 0 fully saturated rings. The fraction of sp³-hybridized carbons (Fsp3) is 0.900. The first kappa shape index (κ1) is 11.4. The lowest BCUT2D eigenvalue weighted by Gasteiger charge is -2.24. The highest BCUT2D eigenvalue weighted by atomic mass is 14.5. The van der Waals surface area contributed by atoms with E-state index in [0.29, 0.717) is 6.42 Å². The number of hydrogen-bond donors (Lipinski definition) is 1. The molecule has 0 bridgehead atoms. The van der Waals surface area contributed by atoms with Gasteiger partial charge >= 0.3 is 0 Å². The van der Waals surface area contributed by atoms with Gasteiger partial charge in [-0.25, -0.2) is 0 Å². The summed E-state index contributed by atoms with van der Waals surface area (Å²) in [6.45, 7) is 5.11. The summed E-state index contributed by atoms with van der Waals surface area (Å²) in [7, 11) is 0. The summed E-state index contributed by atoms with van der Waals surface area (Å²) in [6.07, 6.45) is 5.14. The first-order chi connectivity index (χ1) is 5.68. The van der Waals surface area contributed by atoms with E-state index in [2.05, 4.69) is 19.9 Å². The SMILES string of the molecule is CCC(C)(CC#N)CCCCN. The molecule has 0 aliphatic heterocycles. The van der Waals surface area contributed by atoms with E-state index in [1.807, 2.05) is 0 Å². The summed E-state index contributed by atoms with van der Waals surface area (Å²) in [5, 5.41) is 8.61. The topological polar surface area (TPSA) is 49.8 Å². The molecule has 2 nitrogen and oxygen atoms in total. The van der Waals surface area contributed by atoms with Crippen LogP contribution < -0.4 is 5.73 Å². The molecule has 0 spiro atoms. The number of rotatable bonds is 6. The molecule has 0 aliphatic carbocycles. The quantitative estimate of drug-likeness (QED) is 0.619.